The second-order valence-electron chi connectivity index (χ2n) is 30.2. The van der Waals surface area contributed by atoms with Gasteiger partial charge in [-0.3, -0.25) is 9.36 Å². The van der Waals surface area contributed by atoms with Gasteiger partial charge < -0.3 is 28.8 Å². The summed E-state index contributed by atoms with van der Waals surface area (Å²) in [7, 11) is 1.34. The van der Waals surface area contributed by atoms with E-state index in [2.05, 4.69) is 19.2 Å². The number of hydrogen-bond donors (Lipinski definition) is 2. The third kappa shape index (κ3) is 74.9. The smallest absolute Gasteiger partial charge is 0.268 e. The molecule has 1 amide bonds. The standard InChI is InChI=1S/C81H165N2O6P/c1-6-8-10-12-14-16-18-20-22-24-26-28-30-32-34-36-38-40-41-42-43-45-47-49-51-53-55-57-59-61-63-65-67-69-71-73-75-81(85)82-79(78-89-90(86,87)88-77-76-83(3,4)5)80(84)74-72-70-68-66-64-62-60-58-56-54-52-50-48-46-44-39-37-35-33-31-29-27-25-23-21-19-17-15-13-11-9-7-2/h79-80,84H,6-78H2,1-5H3,(H-,82,85,86,87). The second-order valence-corrected chi connectivity index (χ2v) is 31.6. The Bertz CT molecular complexity index is 1430. The van der Waals surface area contributed by atoms with Crippen molar-refractivity contribution in [1.29, 1.82) is 0 Å². The molecule has 0 aliphatic heterocycles. The van der Waals surface area contributed by atoms with Gasteiger partial charge in [-0.15, -0.1) is 0 Å². The van der Waals surface area contributed by atoms with E-state index in [4.69, 9.17) is 9.05 Å². The van der Waals surface area contributed by atoms with Crippen LogP contribution in [0.2, 0.25) is 0 Å². The van der Waals surface area contributed by atoms with Gasteiger partial charge in [0.2, 0.25) is 5.91 Å². The topological polar surface area (TPSA) is 108 Å². The molecule has 3 unspecified atom stereocenters. The van der Waals surface area contributed by atoms with Crippen LogP contribution in [0, 0.1) is 0 Å². The van der Waals surface area contributed by atoms with E-state index >= 15 is 0 Å². The van der Waals surface area contributed by atoms with Crippen LogP contribution in [-0.4, -0.2) is 68.5 Å². The number of rotatable bonds is 79. The number of unbranched alkanes of at least 4 members (excludes halogenated alkanes) is 66. The van der Waals surface area contributed by atoms with Gasteiger partial charge in [0.1, 0.15) is 13.2 Å². The average molecular weight is 1290 g/mol. The summed E-state index contributed by atoms with van der Waals surface area (Å²) in [6.07, 6.45) is 93.9. The van der Waals surface area contributed by atoms with Gasteiger partial charge >= 0.3 is 0 Å². The Kier molecular flexibility index (Phi) is 72.4. The monoisotopic (exact) mass is 1290 g/mol. The highest BCUT2D eigenvalue weighted by Crippen LogP contribution is 2.38. The molecular weight excluding hydrogens is 1130 g/mol. The molecule has 0 radical (unpaired) electrons. The third-order valence-electron chi connectivity index (χ3n) is 19.8. The minimum Gasteiger partial charge on any atom is -0.756 e. The maximum absolute atomic E-state index is 13.1. The molecule has 0 rings (SSSR count). The molecule has 540 valence electrons. The van der Waals surface area contributed by atoms with Gasteiger partial charge in [0.05, 0.1) is 39.9 Å². The van der Waals surface area contributed by atoms with Crippen LogP contribution >= 0.6 is 7.82 Å². The van der Waals surface area contributed by atoms with Crippen molar-refractivity contribution in [3.05, 3.63) is 0 Å². The molecule has 0 heterocycles. The molecule has 0 saturated heterocycles. The Balaban J connectivity index is 3.87. The number of quaternary nitrogens is 1. The predicted molar refractivity (Wildman–Crippen MR) is 395 cm³/mol. The fourth-order valence-corrected chi connectivity index (χ4v) is 14.2. The molecule has 3 atom stereocenters. The predicted octanol–water partition coefficient (Wildman–Crippen LogP) is 26.4. The normalized spacial score (nSPS) is 13.4. The van der Waals surface area contributed by atoms with Gasteiger partial charge in [0, 0.05) is 6.42 Å². The first kappa shape index (κ1) is 89.5. The summed E-state index contributed by atoms with van der Waals surface area (Å²) in [5.74, 6) is -0.151. The summed E-state index contributed by atoms with van der Waals surface area (Å²) in [5.41, 5.74) is 0. The number of nitrogens with one attached hydrogen (secondary N) is 1. The fraction of sp³-hybridized carbons (Fsp3) is 0.988. The first-order valence-electron chi connectivity index (χ1n) is 41.4. The van der Waals surface area contributed by atoms with Gasteiger partial charge in [0.25, 0.3) is 7.82 Å². The highest BCUT2D eigenvalue weighted by Gasteiger charge is 2.24. The van der Waals surface area contributed by atoms with Crippen molar-refractivity contribution in [3.8, 4) is 0 Å². The van der Waals surface area contributed by atoms with E-state index in [1.54, 1.807) is 0 Å². The molecule has 9 heteroatoms. The Morgan fingerprint density at radius 3 is 0.756 bits per heavy atom. The second kappa shape index (κ2) is 72.8. The van der Waals surface area contributed by atoms with Crippen LogP contribution in [0.5, 0.6) is 0 Å². The molecule has 8 nitrogen and oxygen atoms in total. The summed E-state index contributed by atoms with van der Waals surface area (Å²) in [6, 6.07) is -0.798. The largest absolute Gasteiger partial charge is 0.756 e. The summed E-state index contributed by atoms with van der Waals surface area (Å²) in [5, 5.41) is 14.2. The summed E-state index contributed by atoms with van der Waals surface area (Å²) < 4.78 is 23.6. The molecular formula is C81H165N2O6P. The quantitative estimate of drug-likeness (QED) is 0.0357. The van der Waals surface area contributed by atoms with Crippen molar-refractivity contribution in [3.63, 3.8) is 0 Å². The lowest BCUT2D eigenvalue weighted by molar-refractivity contribution is -0.870. The van der Waals surface area contributed by atoms with Crippen LogP contribution in [0.25, 0.3) is 0 Å². The lowest BCUT2D eigenvalue weighted by Crippen LogP contribution is -2.46. The highest BCUT2D eigenvalue weighted by molar-refractivity contribution is 7.45. The molecule has 90 heavy (non-hydrogen) atoms. The zero-order valence-electron chi connectivity index (χ0n) is 62.2. The van der Waals surface area contributed by atoms with Crippen molar-refractivity contribution < 1.29 is 32.9 Å². The summed E-state index contributed by atoms with van der Waals surface area (Å²) in [4.78, 5) is 25.8. The lowest BCUT2D eigenvalue weighted by atomic mass is 10.0. The number of hydrogen-bond acceptors (Lipinski definition) is 6. The number of phosphoric ester groups is 1. The highest BCUT2D eigenvalue weighted by atomic mass is 31.2. The zero-order valence-corrected chi connectivity index (χ0v) is 63.1. The van der Waals surface area contributed by atoms with Gasteiger partial charge in [-0.2, -0.15) is 0 Å². The number of likely N-dealkylation sites (N-methyl/N-ethyl adjacent to an activating group) is 1. The van der Waals surface area contributed by atoms with E-state index in [1.807, 2.05) is 21.1 Å². The van der Waals surface area contributed by atoms with Crippen LogP contribution in [0.1, 0.15) is 463 Å². The van der Waals surface area contributed by atoms with Gasteiger partial charge in [0.15, 0.2) is 0 Å². The van der Waals surface area contributed by atoms with Crippen LogP contribution in [0.4, 0.5) is 0 Å². The van der Waals surface area contributed by atoms with Crippen LogP contribution in [0.3, 0.4) is 0 Å². The van der Waals surface area contributed by atoms with E-state index in [1.165, 1.54) is 398 Å². The Hall–Kier alpha value is -0.500. The van der Waals surface area contributed by atoms with Gasteiger partial charge in [-0.25, -0.2) is 0 Å². The van der Waals surface area contributed by atoms with E-state index in [0.29, 0.717) is 23.9 Å². The minimum absolute atomic E-state index is 0.0172. The molecule has 0 aliphatic rings. The maximum Gasteiger partial charge on any atom is 0.268 e. The number of carbonyl (C=O) groups is 1. The number of nitrogens with zero attached hydrogens (tertiary/aromatic N) is 1. The Morgan fingerprint density at radius 1 is 0.344 bits per heavy atom. The molecule has 0 aliphatic carbocycles. The molecule has 0 spiro atoms. The molecule has 0 fully saturated rings. The maximum atomic E-state index is 13.1. The zero-order chi connectivity index (χ0) is 65.5. The fourth-order valence-electron chi connectivity index (χ4n) is 13.5. The number of amides is 1. The van der Waals surface area contributed by atoms with E-state index < -0.39 is 20.0 Å². The SMILES string of the molecule is CCCCCCCCCCCCCCCCCCCCCCCCCCCCCCCCCCCCCCC(=O)NC(COP(=O)([O-])OCC[N+](C)(C)C)C(O)CCCCCCCCCCCCCCCCCCCCCCCCCCCCCCCCCC. The molecule has 0 bridgehead atoms. The lowest BCUT2D eigenvalue weighted by Gasteiger charge is -2.30. The average Bonchev–Trinajstić information content (AvgIpc) is 3.73. The molecule has 0 aromatic heterocycles. The van der Waals surface area contributed by atoms with Crippen molar-refractivity contribution in [2.75, 3.05) is 40.9 Å². The minimum atomic E-state index is -4.58. The molecule has 0 saturated carbocycles. The number of phosphoric acid groups is 1. The van der Waals surface area contributed by atoms with Crippen LogP contribution in [0.15, 0.2) is 0 Å². The van der Waals surface area contributed by atoms with Crippen molar-refractivity contribution in [1.82, 2.24) is 5.32 Å². The van der Waals surface area contributed by atoms with Crippen molar-refractivity contribution in [2.24, 2.45) is 0 Å². The number of carbonyl (C=O) groups excluding carboxylic acids is 1. The van der Waals surface area contributed by atoms with E-state index in [-0.39, 0.29) is 19.1 Å². The first-order valence-corrected chi connectivity index (χ1v) is 42.8. The number of aliphatic hydroxyl groups excluding tert-OH is 1. The number of aliphatic hydroxyl groups is 1. The Labute approximate surface area is 565 Å². The summed E-state index contributed by atoms with van der Waals surface area (Å²) in [6.45, 7) is 4.81. The van der Waals surface area contributed by atoms with Gasteiger partial charge in [-0.05, 0) is 12.8 Å². The van der Waals surface area contributed by atoms with Crippen molar-refractivity contribution >= 4 is 13.7 Å². The molecule has 0 aromatic rings. The van der Waals surface area contributed by atoms with Gasteiger partial charge in [-0.1, -0.05) is 444 Å². The van der Waals surface area contributed by atoms with E-state index in [9.17, 15) is 19.4 Å². The first-order chi connectivity index (χ1) is 44.0. The third-order valence-corrected chi connectivity index (χ3v) is 20.8. The van der Waals surface area contributed by atoms with Crippen LogP contribution < -0.4 is 10.2 Å². The van der Waals surface area contributed by atoms with Crippen molar-refractivity contribution in [2.45, 2.75) is 475 Å². The van der Waals surface area contributed by atoms with Crippen LogP contribution in [-0.2, 0) is 18.4 Å². The van der Waals surface area contributed by atoms with E-state index in [0.717, 1.165) is 38.5 Å². The Morgan fingerprint density at radius 2 is 0.544 bits per heavy atom. The molecule has 0 aromatic carbocycles. The molecule has 2 N–H and O–H groups in total. The summed E-state index contributed by atoms with van der Waals surface area (Å²) >= 11 is 0.